The van der Waals surface area contributed by atoms with Crippen LogP contribution < -0.4 is 0 Å². The first-order chi connectivity index (χ1) is 11.8. The van der Waals surface area contributed by atoms with Crippen LogP contribution in [0.1, 0.15) is 57.8 Å². The fourth-order valence-electron chi connectivity index (χ4n) is 7.68. The molecule has 9 fully saturated rings. The van der Waals surface area contributed by atoms with E-state index in [4.69, 9.17) is 4.74 Å². The molecule has 9 rings (SSSR count). The Morgan fingerprint density at radius 1 is 0.833 bits per heavy atom. The molecule has 6 heterocycles. The fraction of sp³-hybridized carbons (Fsp3) is 1.00. The summed E-state index contributed by atoms with van der Waals surface area (Å²) in [6, 6.07) is 1.90. The van der Waals surface area contributed by atoms with Crippen LogP contribution in [0.25, 0.3) is 0 Å². The van der Waals surface area contributed by atoms with Crippen LogP contribution in [0.2, 0.25) is 0 Å². The van der Waals surface area contributed by atoms with Crippen molar-refractivity contribution in [2.45, 2.75) is 81.2 Å². The van der Waals surface area contributed by atoms with Gasteiger partial charge in [0.2, 0.25) is 0 Å². The second-order valence-corrected chi connectivity index (χ2v) is 11.2. The SMILES string of the molecule is C1CC2CCC1CN2C1CC2C[C@@H](C3CC4CCC3CO4)C1CS2. The maximum atomic E-state index is 6.05. The van der Waals surface area contributed by atoms with Gasteiger partial charge in [0, 0.05) is 23.9 Å². The molecular formula is C21H33NOS. The number of hydrogen-bond acceptors (Lipinski definition) is 3. The van der Waals surface area contributed by atoms with E-state index in [-0.39, 0.29) is 0 Å². The number of nitrogens with zero attached hydrogens (tertiary/aromatic N) is 1. The zero-order valence-electron chi connectivity index (χ0n) is 14.9. The van der Waals surface area contributed by atoms with Gasteiger partial charge in [-0.2, -0.15) is 11.8 Å². The van der Waals surface area contributed by atoms with Crippen LogP contribution in [0.3, 0.4) is 0 Å². The smallest absolute Gasteiger partial charge is 0.0578 e. The number of ether oxygens (including phenoxy) is 1. The molecule has 0 amide bonds. The number of hydrogen-bond donors (Lipinski definition) is 0. The van der Waals surface area contributed by atoms with Crippen molar-refractivity contribution >= 4 is 11.8 Å². The van der Waals surface area contributed by atoms with Crippen LogP contribution in [0.4, 0.5) is 0 Å². The van der Waals surface area contributed by atoms with Crippen LogP contribution in [-0.2, 0) is 4.74 Å². The van der Waals surface area contributed by atoms with Gasteiger partial charge in [0.15, 0.2) is 0 Å². The minimum atomic E-state index is 0.623. The third-order valence-electron chi connectivity index (χ3n) is 8.88. The summed E-state index contributed by atoms with van der Waals surface area (Å²) in [6.45, 7) is 2.55. The standard InChI is InChI=1S/C21H33NOS/c1-4-15-5-2-13(1)10-22(15)21-9-17-8-19(20(21)12-24-17)18-7-16-6-3-14(18)11-23-16/h13-21H,1-12H2/t13?,14?,15?,16?,17?,18?,19-,20?,21?/m0/s1. The molecule has 0 radical (unpaired) electrons. The van der Waals surface area contributed by atoms with Gasteiger partial charge in [0.05, 0.1) is 12.7 Å². The number of rotatable bonds is 2. The van der Waals surface area contributed by atoms with Gasteiger partial charge in [-0.3, -0.25) is 4.90 Å². The molecular weight excluding hydrogens is 314 g/mol. The minimum Gasteiger partial charge on any atom is -0.378 e. The Kier molecular flexibility index (Phi) is 3.76. The molecule has 6 unspecified atom stereocenters. The van der Waals surface area contributed by atoms with Gasteiger partial charge in [0.25, 0.3) is 0 Å². The van der Waals surface area contributed by atoms with Gasteiger partial charge in [-0.15, -0.1) is 0 Å². The van der Waals surface area contributed by atoms with E-state index in [1.165, 1.54) is 63.7 Å². The quantitative estimate of drug-likeness (QED) is 0.743. The summed E-state index contributed by atoms with van der Waals surface area (Å²) in [4.78, 5) is 3.05. The molecule has 24 heavy (non-hydrogen) atoms. The van der Waals surface area contributed by atoms with E-state index < -0.39 is 0 Å². The fourth-order valence-corrected chi connectivity index (χ4v) is 9.33. The number of piperidine rings is 2. The highest BCUT2D eigenvalue weighted by atomic mass is 32.2. The molecule has 0 aromatic heterocycles. The number of fused-ring (bicyclic) bond motifs is 11. The van der Waals surface area contributed by atoms with Gasteiger partial charge in [0.1, 0.15) is 0 Å². The van der Waals surface area contributed by atoms with Crippen molar-refractivity contribution in [3.05, 3.63) is 0 Å². The predicted octanol–water partition coefficient (Wildman–Crippen LogP) is 4.19. The van der Waals surface area contributed by atoms with Crippen molar-refractivity contribution in [3.8, 4) is 0 Å². The Morgan fingerprint density at radius 2 is 1.75 bits per heavy atom. The summed E-state index contributed by atoms with van der Waals surface area (Å²) in [5.74, 6) is 6.47. The summed E-state index contributed by atoms with van der Waals surface area (Å²) in [5, 5.41) is 0.979. The molecule has 0 spiro atoms. The van der Waals surface area contributed by atoms with E-state index in [9.17, 15) is 0 Å². The topological polar surface area (TPSA) is 12.5 Å². The van der Waals surface area contributed by atoms with Crippen molar-refractivity contribution < 1.29 is 4.74 Å². The van der Waals surface area contributed by atoms with Gasteiger partial charge in [-0.05, 0) is 93.1 Å². The third-order valence-corrected chi connectivity index (χ3v) is 10.3. The van der Waals surface area contributed by atoms with E-state index in [0.717, 1.165) is 53.5 Å². The van der Waals surface area contributed by atoms with E-state index in [2.05, 4.69) is 16.7 Å². The van der Waals surface area contributed by atoms with Gasteiger partial charge < -0.3 is 4.74 Å². The van der Waals surface area contributed by atoms with E-state index in [1.54, 1.807) is 6.42 Å². The molecule has 134 valence electrons. The number of thioether (sulfide) groups is 1. The molecule has 2 nitrogen and oxygen atoms in total. The monoisotopic (exact) mass is 347 g/mol. The van der Waals surface area contributed by atoms with Gasteiger partial charge in [-0.25, -0.2) is 0 Å². The maximum absolute atomic E-state index is 6.05. The molecule has 6 saturated heterocycles. The van der Waals surface area contributed by atoms with Crippen LogP contribution >= 0.6 is 11.8 Å². The van der Waals surface area contributed by atoms with Crippen molar-refractivity contribution in [1.82, 2.24) is 4.90 Å². The Bertz CT molecular complexity index is 442. The molecule has 0 N–H and O–H groups in total. The lowest BCUT2D eigenvalue weighted by atomic mass is 9.61. The van der Waals surface area contributed by atoms with Crippen LogP contribution in [0, 0.1) is 29.6 Å². The van der Waals surface area contributed by atoms with Gasteiger partial charge in [-0.1, -0.05) is 0 Å². The molecule has 0 aromatic carbocycles. The van der Waals surface area contributed by atoms with Crippen LogP contribution in [0.5, 0.6) is 0 Å². The van der Waals surface area contributed by atoms with E-state index in [1.807, 2.05) is 0 Å². The molecule has 6 bridgehead atoms. The molecule has 9 aliphatic rings. The zero-order valence-corrected chi connectivity index (χ0v) is 15.8. The summed E-state index contributed by atoms with van der Waals surface area (Å²) in [6.07, 6.45) is 14.0. The lowest BCUT2D eigenvalue weighted by molar-refractivity contribution is -0.125. The van der Waals surface area contributed by atoms with Crippen molar-refractivity contribution in [3.63, 3.8) is 0 Å². The lowest BCUT2D eigenvalue weighted by Gasteiger charge is -2.59. The molecule has 6 aliphatic heterocycles. The molecule has 7 atom stereocenters. The summed E-state index contributed by atoms with van der Waals surface area (Å²) in [5.41, 5.74) is 0. The highest BCUT2D eigenvalue weighted by Gasteiger charge is 2.52. The van der Waals surface area contributed by atoms with Crippen molar-refractivity contribution in [2.24, 2.45) is 29.6 Å². The Balaban J connectivity index is 1.25. The largest absolute Gasteiger partial charge is 0.378 e. The van der Waals surface area contributed by atoms with Crippen LogP contribution in [0.15, 0.2) is 0 Å². The van der Waals surface area contributed by atoms with E-state index in [0.29, 0.717) is 6.10 Å². The minimum absolute atomic E-state index is 0.623. The molecule has 0 aromatic rings. The predicted molar refractivity (Wildman–Crippen MR) is 99.3 cm³/mol. The highest BCUT2D eigenvalue weighted by Crippen LogP contribution is 2.55. The van der Waals surface area contributed by atoms with Crippen molar-refractivity contribution in [1.29, 1.82) is 0 Å². The highest BCUT2D eigenvalue weighted by molar-refractivity contribution is 8.00. The lowest BCUT2D eigenvalue weighted by Crippen LogP contribution is -2.61. The average Bonchev–Trinajstić information content (AvgIpc) is 2.70. The first kappa shape index (κ1) is 15.3. The van der Waals surface area contributed by atoms with E-state index >= 15 is 0 Å². The Morgan fingerprint density at radius 3 is 2.38 bits per heavy atom. The Labute approximate surface area is 151 Å². The Hall–Kier alpha value is 0.270. The summed E-state index contributed by atoms with van der Waals surface area (Å²) >= 11 is 2.33. The van der Waals surface area contributed by atoms with Crippen molar-refractivity contribution in [2.75, 3.05) is 18.9 Å². The molecule has 3 aliphatic carbocycles. The zero-order chi connectivity index (χ0) is 15.7. The third kappa shape index (κ3) is 2.36. The van der Waals surface area contributed by atoms with Gasteiger partial charge >= 0.3 is 0 Å². The molecule has 3 saturated carbocycles. The van der Waals surface area contributed by atoms with Crippen LogP contribution in [-0.4, -0.2) is 47.2 Å². The second-order valence-electron chi connectivity index (χ2n) is 9.89. The first-order valence-corrected chi connectivity index (χ1v) is 11.9. The first-order valence-electron chi connectivity index (χ1n) is 10.8. The summed E-state index contributed by atoms with van der Waals surface area (Å²) in [7, 11) is 0. The normalized spacial score (nSPS) is 56.8. The summed E-state index contributed by atoms with van der Waals surface area (Å²) < 4.78 is 6.05. The molecule has 3 heteroatoms. The average molecular weight is 348 g/mol. The maximum Gasteiger partial charge on any atom is 0.0578 e. The second kappa shape index (κ2) is 5.89.